The van der Waals surface area contributed by atoms with Crippen LogP contribution in [0.2, 0.25) is 0 Å². The first-order chi connectivity index (χ1) is 8.74. The van der Waals surface area contributed by atoms with Gasteiger partial charge in [-0.2, -0.15) is 0 Å². The van der Waals surface area contributed by atoms with Crippen molar-refractivity contribution in [2.24, 2.45) is 0 Å². The van der Waals surface area contributed by atoms with Crippen molar-refractivity contribution in [3.63, 3.8) is 0 Å². The molecule has 0 aliphatic rings. The van der Waals surface area contributed by atoms with Crippen molar-refractivity contribution in [3.05, 3.63) is 50.6 Å². The SMILES string of the molecule is CCOc1cccc(C(NC)c2ccc(Br)s2)c1. The van der Waals surface area contributed by atoms with Gasteiger partial charge in [-0.3, -0.25) is 0 Å². The van der Waals surface area contributed by atoms with E-state index in [-0.39, 0.29) is 6.04 Å². The molecule has 1 N–H and O–H groups in total. The molecule has 0 bridgehead atoms. The molecule has 1 atom stereocenters. The number of hydrogen-bond acceptors (Lipinski definition) is 3. The van der Waals surface area contributed by atoms with E-state index in [4.69, 9.17) is 4.74 Å². The van der Waals surface area contributed by atoms with E-state index in [1.807, 2.05) is 26.1 Å². The summed E-state index contributed by atoms with van der Waals surface area (Å²) in [6, 6.07) is 12.7. The van der Waals surface area contributed by atoms with Crippen molar-refractivity contribution in [2.75, 3.05) is 13.7 Å². The van der Waals surface area contributed by atoms with Crippen LogP contribution in [0.3, 0.4) is 0 Å². The second-order valence-corrected chi connectivity index (χ2v) is 6.36. The monoisotopic (exact) mass is 325 g/mol. The van der Waals surface area contributed by atoms with E-state index in [0.29, 0.717) is 6.61 Å². The molecular weight excluding hydrogens is 310 g/mol. The predicted octanol–water partition coefficient (Wildman–Crippen LogP) is 4.22. The summed E-state index contributed by atoms with van der Waals surface area (Å²) in [6.07, 6.45) is 0. The molecule has 1 unspecified atom stereocenters. The molecule has 1 aromatic heterocycles. The third-order valence-corrected chi connectivity index (χ3v) is 4.36. The van der Waals surface area contributed by atoms with E-state index < -0.39 is 0 Å². The molecule has 2 aromatic rings. The van der Waals surface area contributed by atoms with Crippen LogP contribution in [0.5, 0.6) is 5.75 Å². The van der Waals surface area contributed by atoms with Gasteiger partial charge in [-0.15, -0.1) is 11.3 Å². The van der Waals surface area contributed by atoms with E-state index in [0.717, 1.165) is 9.54 Å². The zero-order chi connectivity index (χ0) is 13.0. The summed E-state index contributed by atoms with van der Waals surface area (Å²) in [7, 11) is 1.98. The van der Waals surface area contributed by atoms with Crippen LogP contribution in [-0.2, 0) is 0 Å². The lowest BCUT2D eigenvalue weighted by atomic mass is 10.1. The van der Waals surface area contributed by atoms with Gasteiger partial charge in [0.2, 0.25) is 0 Å². The molecule has 0 saturated heterocycles. The highest BCUT2D eigenvalue weighted by Crippen LogP contribution is 2.32. The lowest BCUT2D eigenvalue weighted by molar-refractivity contribution is 0.339. The van der Waals surface area contributed by atoms with Crippen molar-refractivity contribution in [1.82, 2.24) is 5.32 Å². The highest BCUT2D eigenvalue weighted by atomic mass is 79.9. The predicted molar refractivity (Wildman–Crippen MR) is 80.5 cm³/mol. The highest BCUT2D eigenvalue weighted by molar-refractivity contribution is 9.11. The minimum Gasteiger partial charge on any atom is -0.494 e. The van der Waals surface area contributed by atoms with Gasteiger partial charge in [0.25, 0.3) is 0 Å². The Bertz CT molecular complexity index is 512. The Labute approximate surface area is 120 Å². The van der Waals surface area contributed by atoms with Gasteiger partial charge in [-0.25, -0.2) is 0 Å². The van der Waals surface area contributed by atoms with Gasteiger partial charge in [0.1, 0.15) is 5.75 Å². The van der Waals surface area contributed by atoms with Crippen LogP contribution >= 0.6 is 27.3 Å². The molecule has 96 valence electrons. The second kappa shape index (κ2) is 6.36. The van der Waals surface area contributed by atoms with Gasteiger partial charge in [-0.05, 0) is 59.7 Å². The van der Waals surface area contributed by atoms with Gasteiger partial charge in [0.05, 0.1) is 16.4 Å². The van der Waals surface area contributed by atoms with Crippen molar-refractivity contribution < 1.29 is 4.74 Å². The summed E-state index contributed by atoms with van der Waals surface area (Å²) in [5, 5.41) is 3.35. The second-order valence-electron chi connectivity index (χ2n) is 3.87. The summed E-state index contributed by atoms with van der Waals surface area (Å²) < 4.78 is 6.70. The molecular formula is C14H16BrNOS. The average molecular weight is 326 g/mol. The van der Waals surface area contributed by atoms with Crippen molar-refractivity contribution in [1.29, 1.82) is 0 Å². The molecule has 18 heavy (non-hydrogen) atoms. The number of thiophene rings is 1. The van der Waals surface area contributed by atoms with E-state index in [1.54, 1.807) is 11.3 Å². The zero-order valence-electron chi connectivity index (χ0n) is 10.4. The Morgan fingerprint density at radius 1 is 1.33 bits per heavy atom. The molecule has 4 heteroatoms. The summed E-state index contributed by atoms with van der Waals surface area (Å²) in [5.41, 5.74) is 1.22. The fraction of sp³-hybridized carbons (Fsp3) is 0.286. The average Bonchev–Trinajstić information content (AvgIpc) is 2.78. The molecule has 0 aliphatic heterocycles. The fourth-order valence-corrected chi connectivity index (χ4v) is 3.47. The molecule has 1 aromatic carbocycles. The van der Waals surface area contributed by atoms with Gasteiger partial charge >= 0.3 is 0 Å². The first kappa shape index (κ1) is 13.6. The van der Waals surface area contributed by atoms with Crippen LogP contribution in [0.4, 0.5) is 0 Å². The highest BCUT2D eigenvalue weighted by Gasteiger charge is 2.14. The molecule has 2 rings (SSSR count). The summed E-state index contributed by atoms with van der Waals surface area (Å²) in [6.45, 7) is 2.69. The number of rotatable bonds is 5. The Kier molecular flexibility index (Phi) is 4.80. The van der Waals surface area contributed by atoms with E-state index in [1.165, 1.54) is 10.4 Å². The maximum Gasteiger partial charge on any atom is 0.119 e. The van der Waals surface area contributed by atoms with Crippen molar-refractivity contribution >= 4 is 27.3 Å². The van der Waals surface area contributed by atoms with Gasteiger partial charge in [0.15, 0.2) is 0 Å². The lowest BCUT2D eigenvalue weighted by Crippen LogP contribution is -2.16. The Morgan fingerprint density at radius 3 is 2.78 bits per heavy atom. The molecule has 0 radical (unpaired) electrons. The third kappa shape index (κ3) is 3.13. The maximum absolute atomic E-state index is 5.55. The van der Waals surface area contributed by atoms with Gasteiger partial charge in [0, 0.05) is 4.88 Å². The first-order valence-corrected chi connectivity index (χ1v) is 7.50. The van der Waals surface area contributed by atoms with Crippen LogP contribution in [0.1, 0.15) is 23.4 Å². The number of ether oxygens (including phenoxy) is 1. The molecule has 0 aliphatic carbocycles. The minimum atomic E-state index is 0.210. The summed E-state index contributed by atoms with van der Waals surface area (Å²) in [5.74, 6) is 0.922. The number of benzene rings is 1. The Balaban J connectivity index is 2.29. The van der Waals surface area contributed by atoms with E-state index >= 15 is 0 Å². The number of hydrogen-bond donors (Lipinski definition) is 1. The van der Waals surface area contributed by atoms with Crippen LogP contribution in [0.25, 0.3) is 0 Å². The molecule has 0 amide bonds. The topological polar surface area (TPSA) is 21.3 Å². The standard InChI is InChI=1S/C14H16BrNOS/c1-3-17-11-6-4-5-10(9-11)14(16-2)12-7-8-13(15)18-12/h4-9,14,16H,3H2,1-2H3. The lowest BCUT2D eigenvalue weighted by Gasteiger charge is -2.16. The smallest absolute Gasteiger partial charge is 0.119 e. The number of nitrogens with one attached hydrogen (secondary N) is 1. The fourth-order valence-electron chi connectivity index (χ4n) is 1.91. The van der Waals surface area contributed by atoms with Crippen molar-refractivity contribution in [3.8, 4) is 5.75 Å². The normalized spacial score (nSPS) is 12.4. The molecule has 0 saturated carbocycles. The zero-order valence-corrected chi connectivity index (χ0v) is 12.8. The molecule has 1 heterocycles. The quantitative estimate of drug-likeness (QED) is 0.888. The Morgan fingerprint density at radius 2 is 2.17 bits per heavy atom. The first-order valence-electron chi connectivity index (χ1n) is 5.90. The van der Waals surface area contributed by atoms with Gasteiger partial charge < -0.3 is 10.1 Å². The Hall–Kier alpha value is -0.840. The minimum absolute atomic E-state index is 0.210. The van der Waals surface area contributed by atoms with Crippen LogP contribution < -0.4 is 10.1 Å². The van der Waals surface area contributed by atoms with E-state index in [9.17, 15) is 0 Å². The van der Waals surface area contributed by atoms with Crippen molar-refractivity contribution in [2.45, 2.75) is 13.0 Å². The third-order valence-electron chi connectivity index (χ3n) is 2.67. The summed E-state index contributed by atoms with van der Waals surface area (Å²) in [4.78, 5) is 1.29. The molecule has 2 nitrogen and oxygen atoms in total. The van der Waals surface area contributed by atoms with Gasteiger partial charge in [-0.1, -0.05) is 12.1 Å². The summed E-state index contributed by atoms with van der Waals surface area (Å²) >= 11 is 5.26. The maximum atomic E-state index is 5.55. The van der Waals surface area contributed by atoms with Crippen LogP contribution in [0, 0.1) is 0 Å². The van der Waals surface area contributed by atoms with Crippen LogP contribution in [0.15, 0.2) is 40.2 Å². The largest absolute Gasteiger partial charge is 0.494 e. The molecule has 0 spiro atoms. The van der Waals surface area contributed by atoms with Crippen LogP contribution in [-0.4, -0.2) is 13.7 Å². The van der Waals surface area contributed by atoms with E-state index in [2.05, 4.69) is 45.5 Å². The molecule has 0 fully saturated rings. The number of halogens is 1.